The molecule has 1 aliphatic heterocycles. The molecule has 0 aromatic rings. The van der Waals surface area contributed by atoms with E-state index in [9.17, 15) is 0 Å². The van der Waals surface area contributed by atoms with E-state index < -0.39 is 0 Å². The SMILES string of the molecule is CC(C)(CN)CCCCOCC1CCOC1. The zero-order valence-corrected chi connectivity index (χ0v) is 10.8. The Morgan fingerprint density at radius 2 is 2.19 bits per heavy atom. The van der Waals surface area contributed by atoms with Crippen LogP contribution in [0.5, 0.6) is 0 Å². The number of rotatable bonds is 8. The monoisotopic (exact) mass is 229 g/mol. The van der Waals surface area contributed by atoms with Crippen molar-refractivity contribution in [3.8, 4) is 0 Å². The Bertz CT molecular complexity index is 177. The van der Waals surface area contributed by atoms with Crippen LogP contribution >= 0.6 is 0 Å². The van der Waals surface area contributed by atoms with Gasteiger partial charge in [-0.05, 0) is 31.2 Å². The van der Waals surface area contributed by atoms with Gasteiger partial charge in [-0.3, -0.25) is 0 Å². The first kappa shape index (κ1) is 13.9. The molecule has 0 amide bonds. The van der Waals surface area contributed by atoms with Crippen molar-refractivity contribution < 1.29 is 9.47 Å². The first-order valence-corrected chi connectivity index (χ1v) is 6.49. The molecule has 0 spiro atoms. The van der Waals surface area contributed by atoms with Crippen molar-refractivity contribution >= 4 is 0 Å². The second-order valence-corrected chi connectivity index (χ2v) is 5.63. The molecule has 0 radical (unpaired) electrons. The Balaban J connectivity index is 1.88. The fraction of sp³-hybridized carbons (Fsp3) is 1.00. The van der Waals surface area contributed by atoms with Gasteiger partial charge in [-0.1, -0.05) is 20.3 Å². The summed E-state index contributed by atoms with van der Waals surface area (Å²) >= 11 is 0. The van der Waals surface area contributed by atoms with Crippen molar-refractivity contribution in [3.63, 3.8) is 0 Å². The van der Waals surface area contributed by atoms with Crippen LogP contribution in [0.15, 0.2) is 0 Å². The molecular weight excluding hydrogens is 202 g/mol. The van der Waals surface area contributed by atoms with E-state index in [1.54, 1.807) is 0 Å². The van der Waals surface area contributed by atoms with E-state index in [1.165, 1.54) is 19.3 Å². The summed E-state index contributed by atoms with van der Waals surface area (Å²) in [6.07, 6.45) is 4.72. The van der Waals surface area contributed by atoms with Crippen molar-refractivity contribution in [1.29, 1.82) is 0 Å². The third-order valence-electron chi connectivity index (χ3n) is 3.32. The van der Waals surface area contributed by atoms with Gasteiger partial charge in [0.15, 0.2) is 0 Å². The summed E-state index contributed by atoms with van der Waals surface area (Å²) in [6, 6.07) is 0. The highest BCUT2D eigenvalue weighted by Crippen LogP contribution is 2.21. The van der Waals surface area contributed by atoms with E-state index in [1.807, 2.05) is 0 Å². The topological polar surface area (TPSA) is 44.5 Å². The van der Waals surface area contributed by atoms with Crippen molar-refractivity contribution in [2.45, 2.75) is 39.5 Å². The molecule has 1 heterocycles. The maximum atomic E-state index is 5.68. The molecule has 3 heteroatoms. The predicted molar refractivity (Wildman–Crippen MR) is 66.4 cm³/mol. The van der Waals surface area contributed by atoms with E-state index in [2.05, 4.69) is 13.8 Å². The molecule has 1 fully saturated rings. The van der Waals surface area contributed by atoms with Crippen molar-refractivity contribution in [1.82, 2.24) is 0 Å². The van der Waals surface area contributed by atoms with Crippen LogP contribution in [0.25, 0.3) is 0 Å². The van der Waals surface area contributed by atoms with Crippen molar-refractivity contribution in [2.24, 2.45) is 17.1 Å². The number of unbranched alkanes of at least 4 members (excludes halogenated alkanes) is 1. The highest BCUT2D eigenvalue weighted by Gasteiger charge is 2.16. The van der Waals surface area contributed by atoms with Gasteiger partial charge in [0.2, 0.25) is 0 Å². The molecule has 1 saturated heterocycles. The highest BCUT2D eigenvalue weighted by atomic mass is 16.5. The number of hydrogen-bond acceptors (Lipinski definition) is 3. The smallest absolute Gasteiger partial charge is 0.0517 e. The molecular formula is C13H27NO2. The number of nitrogens with two attached hydrogens (primary N) is 1. The van der Waals surface area contributed by atoms with E-state index in [0.717, 1.165) is 39.4 Å². The minimum atomic E-state index is 0.291. The first-order chi connectivity index (χ1) is 7.64. The molecule has 0 bridgehead atoms. The summed E-state index contributed by atoms with van der Waals surface area (Å²) in [7, 11) is 0. The summed E-state index contributed by atoms with van der Waals surface area (Å²) in [4.78, 5) is 0. The largest absolute Gasteiger partial charge is 0.381 e. The second kappa shape index (κ2) is 7.25. The minimum Gasteiger partial charge on any atom is -0.381 e. The van der Waals surface area contributed by atoms with E-state index in [0.29, 0.717) is 11.3 Å². The Hall–Kier alpha value is -0.120. The lowest BCUT2D eigenvalue weighted by atomic mass is 9.87. The van der Waals surface area contributed by atoms with E-state index >= 15 is 0 Å². The van der Waals surface area contributed by atoms with Crippen molar-refractivity contribution in [2.75, 3.05) is 33.0 Å². The second-order valence-electron chi connectivity index (χ2n) is 5.63. The third-order valence-corrected chi connectivity index (χ3v) is 3.32. The summed E-state index contributed by atoms with van der Waals surface area (Å²) < 4.78 is 11.0. The average molecular weight is 229 g/mol. The van der Waals surface area contributed by atoms with Crippen LogP contribution in [0.1, 0.15) is 39.5 Å². The van der Waals surface area contributed by atoms with Crippen LogP contribution in [-0.4, -0.2) is 33.0 Å². The van der Waals surface area contributed by atoms with E-state index in [4.69, 9.17) is 15.2 Å². The molecule has 1 atom stereocenters. The summed E-state index contributed by atoms with van der Waals surface area (Å²) in [5.74, 6) is 0.639. The van der Waals surface area contributed by atoms with Crippen LogP contribution in [-0.2, 0) is 9.47 Å². The molecule has 0 saturated carbocycles. The van der Waals surface area contributed by atoms with Gasteiger partial charge in [0.05, 0.1) is 13.2 Å². The number of ether oxygens (including phenoxy) is 2. The molecule has 1 aliphatic rings. The van der Waals surface area contributed by atoms with Gasteiger partial charge in [0, 0.05) is 19.1 Å². The number of hydrogen-bond donors (Lipinski definition) is 1. The maximum Gasteiger partial charge on any atom is 0.0517 e. The Morgan fingerprint density at radius 1 is 1.38 bits per heavy atom. The van der Waals surface area contributed by atoms with Gasteiger partial charge in [0.25, 0.3) is 0 Å². The lowest BCUT2D eigenvalue weighted by molar-refractivity contribution is 0.0858. The molecule has 1 unspecified atom stereocenters. The Kier molecular flexibility index (Phi) is 6.32. The van der Waals surface area contributed by atoms with Crippen LogP contribution in [0.4, 0.5) is 0 Å². The lowest BCUT2D eigenvalue weighted by Gasteiger charge is -2.21. The molecule has 0 aromatic carbocycles. The molecule has 1 rings (SSSR count). The predicted octanol–water partition coefficient (Wildman–Crippen LogP) is 2.19. The fourth-order valence-electron chi connectivity index (χ4n) is 1.87. The molecule has 2 N–H and O–H groups in total. The lowest BCUT2D eigenvalue weighted by Crippen LogP contribution is -2.23. The zero-order chi connectivity index (χ0) is 11.9. The van der Waals surface area contributed by atoms with Crippen LogP contribution in [0.2, 0.25) is 0 Å². The van der Waals surface area contributed by atoms with Crippen LogP contribution in [0.3, 0.4) is 0 Å². The fourth-order valence-corrected chi connectivity index (χ4v) is 1.87. The standard InChI is InChI=1S/C13H27NO2/c1-13(2,11-14)6-3-4-7-15-9-12-5-8-16-10-12/h12H,3-11,14H2,1-2H3. The zero-order valence-electron chi connectivity index (χ0n) is 10.8. The summed E-state index contributed by atoms with van der Waals surface area (Å²) in [6.45, 7) is 8.79. The highest BCUT2D eigenvalue weighted by molar-refractivity contribution is 4.68. The van der Waals surface area contributed by atoms with Crippen LogP contribution in [0, 0.1) is 11.3 Å². The summed E-state index contributed by atoms with van der Waals surface area (Å²) in [5.41, 5.74) is 5.98. The quantitative estimate of drug-likeness (QED) is 0.649. The first-order valence-electron chi connectivity index (χ1n) is 6.49. The Labute approximate surface area is 99.7 Å². The van der Waals surface area contributed by atoms with Gasteiger partial charge in [-0.25, -0.2) is 0 Å². The van der Waals surface area contributed by atoms with Gasteiger partial charge < -0.3 is 15.2 Å². The van der Waals surface area contributed by atoms with Crippen LogP contribution < -0.4 is 5.73 Å². The van der Waals surface area contributed by atoms with Gasteiger partial charge in [-0.2, -0.15) is 0 Å². The van der Waals surface area contributed by atoms with E-state index in [-0.39, 0.29) is 0 Å². The minimum absolute atomic E-state index is 0.291. The van der Waals surface area contributed by atoms with Gasteiger partial charge >= 0.3 is 0 Å². The third kappa shape index (κ3) is 5.83. The average Bonchev–Trinajstić information content (AvgIpc) is 2.76. The summed E-state index contributed by atoms with van der Waals surface area (Å²) in [5, 5.41) is 0. The maximum absolute atomic E-state index is 5.68. The molecule has 0 aliphatic carbocycles. The van der Waals surface area contributed by atoms with Gasteiger partial charge in [-0.15, -0.1) is 0 Å². The van der Waals surface area contributed by atoms with Crippen molar-refractivity contribution in [3.05, 3.63) is 0 Å². The molecule has 96 valence electrons. The Morgan fingerprint density at radius 3 is 2.81 bits per heavy atom. The van der Waals surface area contributed by atoms with Gasteiger partial charge in [0.1, 0.15) is 0 Å². The normalized spacial score (nSPS) is 21.6. The molecule has 3 nitrogen and oxygen atoms in total. The molecule has 0 aromatic heterocycles. The molecule has 16 heavy (non-hydrogen) atoms.